The topological polar surface area (TPSA) is 83.5 Å². The van der Waals surface area contributed by atoms with Gasteiger partial charge in [-0.15, -0.1) is 0 Å². The molecule has 0 atom stereocenters. The molecule has 2 rings (SSSR count). The maximum atomic E-state index is 12.2. The molecule has 21 heavy (non-hydrogen) atoms. The molecular formula is C13H9Cl2NO4S. The lowest BCUT2D eigenvalue weighted by Crippen LogP contribution is -2.14. The quantitative estimate of drug-likeness (QED) is 0.888. The molecule has 0 aliphatic rings. The molecule has 0 spiro atoms. The molecule has 5 nitrogen and oxygen atoms in total. The van der Waals surface area contributed by atoms with Crippen LogP contribution in [0.4, 0.5) is 5.69 Å². The zero-order valence-corrected chi connectivity index (χ0v) is 12.7. The van der Waals surface area contributed by atoms with E-state index in [1.807, 2.05) is 0 Å². The van der Waals surface area contributed by atoms with E-state index in [2.05, 4.69) is 4.72 Å². The van der Waals surface area contributed by atoms with Crippen molar-refractivity contribution in [1.82, 2.24) is 0 Å². The minimum Gasteiger partial charge on any atom is -0.478 e. The Bertz CT molecular complexity index is 806. The summed E-state index contributed by atoms with van der Waals surface area (Å²) in [5.41, 5.74) is -0.0139. The van der Waals surface area contributed by atoms with Gasteiger partial charge in [0.05, 0.1) is 26.2 Å². The molecule has 0 amide bonds. The van der Waals surface area contributed by atoms with Crippen LogP contribution >= 0.6 is 23.2 Å². The molecule has 0 unspecified atom stereocenters. The predicted molar refractivity (Wildman–Crippen MR) is 80.7 cm³/mol. The van der Waals surface area contributed by atoms with E-state index in [9.17, 15) is 13.2 Å². The van der Waals surface area contributed by atoms with Crippen LogP contribution in [0.25, 0.3) is 0 Å². The van der Waals surface area contributed by atoms with E-state index in [1.54, 1.807) is 6.07 Å². The Morgan fingerprint density at radius 1 is 1.10 bits per heavy atom. The zero-order valence-electron chi connectivity index (χ0n) is 10.4. The van der Waals surface area contributed by atoms with Gasteiger partial charge in [0.1, 0.15) is 0 Å². The number of hydrogen-bond acceptors (Lipinski definition) is 3. The lowest BCUT2D eigenvalue weighted by molar-refractivity contribution is 0.0696. The summed E-state index contributed by atoms with van der Waals surface area (Å²) in [5, 5.41) is 9.16. The van der Waals surface area contributed by atoms with Gasteiger partial charge >= 0.3 is 5.97 Å². The summed E-state index contributed by atoms with van der Waals surface area (Å²) in [5.74, 6) is -1.21. The molecular weight excluding hydrogens is 337 g/mol. The SMILES string of the molecule is O=C(O)c1cccc(S(=O)(=O)Nc2cccc(Cl)c2Cl)c1. The minimum atomic E-state index is -3.97. The van der Waals surface area contributed by atoms with E-state index in [0.717, 1.165) is 6.07 Å². The van der Waals surface area contributed by atoms with E-state index in [0.29, 0.717) is 0 Å². The van der Waals surface area contributed by atoms with Gasteiger partial charge in [0.2, 0.25) is 0 Å². The van der Waals surface area contributed by atoms with Crippen molar-refractivity contribution in [3.8, 4) is 0 Å². The Morgan fingerprint density at radius 2 is 1.76 bits per heavy atom. The average molecular weight is 346 g/mol. The second-order valence-corrected chi connectivity index (χ2v) is 6.51. The fourth-order valence-corrected chi connectivity index (χ4v) is 3.10. The largest absolute Gasteiger partial charge is 0.478 e. The monoisotopic (exact) mass is 345 g/mol. The highest BCUT2D eigenvalue weighted by atomic mass is 35.5. The molecule has 0 aromatic heterocycles. The van der Waals surface area contributed by atoms with Gasteiger partial charge in [-0.25, -0.2) is 13.2 Å². The number of anilines is 1. The summed E-state index contributed by atoms with van der Waals surface area (Å²) in [6.07, 6.45) is 0. The molecule has 0 radical (unpaired) electrons. The molecule has 0 aliphatic carbocycles. The normalized spacial score (nSPS) is 11.1. The van der Waals surface area contributed by atoms with Gasteiger partial charge < -0.3 is 5.11 Å². The fourth-order valence-electron chi connectivity index (χ4n) is 1.58. The third-order valence-corrected chi connectivity index (χ3v) is 4.77. The number of halogens is 2. The second-order valence-electron chi connectivity index (χ2n) is 4.04. The summed E-state index contributed by atoms with van der Waals surface area (Å²) in [7, 11) is -3.97. The van der Waals surface area contributed by atoms with Crippen LogP contribution in [0.2, 0.25) is 10.0 Å². The molecule has 110 valence electrons. The van der Waals surface area contributed by atoms with Crippen molar-refractivity contribution in [3.05, 3.63) is 58.1 Å². The van der Waals surface area contributed by atoms with Gasteiger partial charge in [0.25, 0.3) is 10.0 Å². The van der Waals surface area contributed by atoms with E-state index in [-0.39, 0.29) is 26.2 Å². The third kappa shape index (κ3) is 3.47. The van der Waals surface area contributed by atoms with Gasteiger partial charge in [-0.1, -0.05) is 35.3 Å². The Labute approximate surface area is 131 Å². The van der Waals surface area contributed by atoms with Crippen LogP contribution in [0.3, 0.4) is 0 Å². The first-order valence-corrected chi connectivity index (χ1v) is 7.85. The standard InChI is InChI=1S/C13H9Cl2NO4S/c14-10-5-2-6-11(12(10)15)16-21(19,20)9-4-1-3-8(7-9)13(17)18/h1-7,16H,(H,17,18). The van der Waals surface area contributed by atoms with Crippen LogP contribution in [0.1, 0.15) is 10.4 Å². The highest BCUT2D eigenvalue weighted by Crippen LogP contribution is 2.31. The molecule has 0 heterocycles. The fraction of sp³-hybridized carbons (Fsp3) is 0. The van der Waals surface area contributed by atoms with Crippen molar-refractivity contribution in [2.75, 3.05) is 4.72 Å². The van der Waals surface area contributed by atoms with Crippen molar-refractivity contribution >= 4 is 44.9 Å². The van der Waals surface area contributed by atoms with Crippen LogP contribution in [0.5, 0.6) is 0 Å². The maximum absolute atomic E-state index is 12.2. The van der Waals surface area contributed by atoms with E-state index < -0.39 is 16.0 Å². The van der Waals surface area contributed by atoms with Gasteiger partial charge in [-0.05, 0) is 30.3 Å². The molecule has 0 saturated carbocycles. The number of carboxylic acid groups (broad SMARTS) is 1. The van der Waals surface area contributed by atoms with Crippen molar-refractivity contribution in [3.63, 3.8) is 0 Å². The summed E-state index contributed by atoms with van der Waals surface area (Å²) >= 11 is 11.7. The third-order valence-electron chi connectivity index (χ3n) is 2.59. The number of benzene rings is 2. The zero-order chi connectivity index (χ0) is 15.6. The number of hydrogen-bond donors (Lipinski definition) is 2. The van der Waals surface area contributed by atoms with Crippen LogP contribution in [-0.2, 0) is 10.0 Å². The van der Waals surface area contributed by atoms with Crippen LogP contribution in [-0.4, -0.2) is 19.5 Å². The van der Waals surface area contributed by atoms with Gasteiger partial charge in [0, 0.05) is 0 Å². The predicted octanol–water partition coefficient (Wildman–Crippen LogP) is 3.49. The highest BCUT2D eigenvalue weighted by molar-refractivity contribution is 7.92. The number of aromatic carboxylic acids is 1. The maximum Gasteiger partial charge on any atom is 0.335 e. The van der Waals surface area contributed by atoms with Gasteiger partial charge in [-0.2, -0.15) is 0 Å². The lowest BCUT2D eigenvalue weighted by atomic mass is 10.2. The molecule has 0 bridgehead atoms. The molecule has 0 saturated heterocycles. The Morgan fingerprint density at radius 3 is 2.43 bits per heavy atom. The van der Waals surface area contributed by atoms with Crippen molar-refractivity contribution in [2.24, 2.45) is 0 Å². The Kier molecular flexibility index (Phi) is 4.41. The van der Waals surface area contributed by atoms with Gasteiger partial charge in [-0.3, -0.25) is 4.72 Å². The van der Waals surface area contributed by atoms with Gasteiger partial charge in [0.15, 0.2) is 0 Å². The molecule has 8 heteroatoms. The smallest absolute Gasteiger partial charge is 0.335 e. The van der Waals surface area contributed by atoms with Crippen LogP contribution in [0.15, 0.2) is 47.4 Å². The van der Waals surface area contributed by atoms with E-state index >= 15 is 0 Å². The van der Waals surface area contributed by atoms with Crippen molar-refractivity contribution < 1.29 is 18.3 Å². The molecule has 2 aromatic rings. The highest BCUT2D eigenvalue weighted by Gasteiger charge is 2.18. The molecule has 2 N–H and O–H groups in total. The average Bonchev–Trinajstić information content (AvgIpc) is 2.44. The van der Waals surface area contributed by atoms with E-state index in [1.165, 1.54) is 30.3 Å². The minimum absolute atomic E-state index is 0.0668. The Hall–Kier alpha value is -1.76. The van der Waals surface area contributed by atoms with E-state index in [4.69, 9.17) is 28.3 Å². The summed E-state index contributed by atoms with van der Waals surface area (Å²) in [6.45, 7) is 0. The van der Waals surface area contributed by atoms with Crippen LogP contribution in [0, 0.1) is 0 Å². The molecule has 2 aromatic carbocycles. The summed E-state index contributed by atoms with van der Waals surface area (Å²) in [6, 6.07) is 9.50. The summed E-state index contributed by atoms with van der Waals surface area (Å²) < 4.78 is 26.7. The lowest BCUT2D eigenvalue weighted by Gasteiger charge is -2.10. The van der Waals surface area contributed by atoms with Crippen molar-refractivity contribution in [2.45, 2.75) is 4.90 Å². The second kappa shape index (κ2) is 5.93. The van der Waals surface area contributed by atoms with Crippen LogP contribution < -0.4 is 4.72 Å². The number of sulfonamides is 1. The molecule has 0 aliphatic heterocycles. The first kappa shape index (κ1) is 15.6. The Balaban J connectivity index is 2.41. The summed E-state index contributed by atoms with van der Waals surface area (Å²) in [4.78, 5) is 10.7. The number of carbonyl (C=O) groups is 1. The molecule has 0 fully saturated rings. The number of rotatable bonds is 4. The first-order valence-electron chi connectivity index (χ1n) is 5.61. The number of carboxylic acids is 1. The number of nitrogens with one attached hydrogen (secondary N) is 1. The van der Waals surface area contributed by atoms with Crippen molar-refractivity contribution in [1.29, 1.82) is 0 Å². The first-order chi connectivity index (χ1) is 9.81.